The number of ketones is 1. The first-order valence-corrected chi connectivity index (χ1v) is 13.6. The number of nitrogens with zero attached hydrogens (tertiary/aromatic N) is 3. The lowest BCUT2D eigenvalue weighted by atomic mass is 9.87. The number of ether oxygens (including phenoxy) is 1. The zero-order valence-corrected chi connectivity index (χ0v) is 21.0. The number of hydrogen-bond donors (Lipinski definition) is 1. The van der Waals surface area contributed by atoms with Gasteiger partial charge in [0, 0.05) is 48.8 Å². The molecule has 1 unspecified atom stereocenters. The third-order valence-electron chi connectivity index (χ3n) is 5.99. The second-order valence-electron chi connectivity index (χ2n) is 9.96. The number of aromatic amines is 1. The molecule has 0 bridgehead atoms. The molecule has 3 heterocycles. The van der Waals surface area contributed by atoms with Crippen molar-refractivity contribution in [2.45, 2.75) is 39.7 Å². The molecule has 8 nitrogen and oxygen atoms in total. The predicted molar refractivity (Wildman–Crippen MR) is 134 cm³/mol. The number of nitrogens with one attached hydrogen (secondary N) is 1. The molecule has 0 amide bonds. The number of fused-ring (bicyclic) bond motifs is 1. The van der Waals surface area contributed by atoms with Gasteiger partial charge in [-0.05, 0) is 18.9 Å². The Labute approximate surface area is 200 Å². The zero-order valence-electron chi connectivity index (χ0n) is 20.2. The van der Waals surface area contributed by atoms with Gasteiger partial charge in [0.2, 0.25) is 0 Å². The first-order valence-electron chi connectivity index (χ1n) is 11.6. The van der Waals surface area contributed by atoms with Gasteiger partial charge < -0.3 is 14.6 Å². The number of para-hydroxylation sites is 1. The number of sulfone groups is 1. The van der Waals surface area contributed by atoms with Gasteiger partial charge in [-0.25, -0.2) is 18.4 Å². The molecule has 182 valence electrons. The molecule has 9 heteroatoms. The van der Waals surface area contributed by atoms with Gasteiger partial charge >= 0.3 is 0 Å². The third kappa shape index (κ3) is 5.47. The van der Waals surface area contributed by atoms with E-state index in [1.165, 1.54) is 6.26 Å². The highest BCUT2D eigenvalue weighted by atomic mass is 32.2. The maximum absolute atomic E-state index is 12.9. The molecule has 0 spiro atoms. The molecule has 3 aromatic rings. The quantitative estimate of drug-likeness (QED) is 0.382. The molecular weight excluding hydrogens is 452 g/mol. The van der Waals surface area contributed by atoms with E-state index in [-0.39, 0.29) is 17.6 Å². The number of hydrogen-bond acceptors (Lipinski definition) is 7. The summed E-state index contributed by atoms with van der Waals surface area (Å²) in [5.41, 5.74) is 3.92. The van der Waals surface area contributed by atoms with E-state index in [2.05, 4.69) is 20.9 Å². The summed E-state index contributed by atoms with van der Waals surface area (Å²) in [6.07, 6.45) is 6.12. The summed E-state index contributed by atoms with van der Waals surface area (Å²) in [7, 11) is -2.96. The normalized spacial score (nSPS) is 16.9. The van der Waals surface area contributed by atoms with Crippen molar-refractivity contribution in [3.63, 3.8) is 0 Å². The molecule has 1 aromatic carbocycles. The third-order valence-corrected chi connectivity index (χ3v) is 7.02. The van der Waals surface area contributed by atoms with Gasteiger partial charge in [0.25, 0.3) is 0 Å². The summed E-state index contributed by atoms with van der Waals surface area (Å²) in [4.78, 5) is 27.6. The summed E-state index contributed by atoms with van der Waals surface area (Å²) < 4.78 is 28.6. The average Bonchev–Trinajstić information content (AvgIpc) is 3.41. The monoisotopic (exact) mass is 484 g/mol. The van der Waals surface area contributed by atoms with E-state index in [0.29, 0.717) is 35.4 Å². The molecule has 0 aliphatic carbocycles. The molecule has 1 N–H and O–H groups in total. The number of Topliss-reactive ketones (excluding diaryl/α,β-unsaturated/α-hetero) is 1. The standard InChI is InChI=1S/C25H32N4O4S/c1-25(2,3)23(30)19-14-26-24-22(19)28-20(15-27-24)18-8-5-6-9-21(18)29-11-10-17(16-29)33-12-7-13-34(4,31)32/h5-6,8-9,14-15,17H,7,10-13,16H2,1-4H3,(H,26,27). The molecule has 1 aliphatic heterocycles. The number of aromatic nitrogens is 3. The molecule has 0 saturated carbocycles. The Kier molecular flexibility index (Phi) is 6.78. The van der Waals surface area contributed by atoms with Crippen LogP contribution in [0.5, 0.6) is 0 Å². The Morgan fingerprint density at radius 3 is 2.76 bits per heavy atom. The van der Waals surface area contributed by atoms with Crippen LogP contribution >= 0.6 is 0 Å². The minimum atomic E-state index is -2.96. The second kappa shape index (κ2) is 9.46. The molecule has 34 heavy (non-hydrogen) atoms. The lowest BCUT2D eigenvalue weighted by Crippen LogP contribution is -2.24. The first-order chi connectivity index (χ1) is 16.0. The summed E-state index contributed by atoms with van der Waals surface area (Å²) in [5.74, 6) is 0.167. The fraction of sp³-hybridized carbons (Fsp3) is 0.480. The first kappa shape index (κ1) is 24.3. The topological polar surface area (TPSA) is 105 Å². The highest BCUT2D eigenvalue weighted by Gasteiger charge is 2.28. The predicted octanol–water partition coefficient (Wildman–Crippen LogP) is 3.88. The molecule has 1 aliphatic rings. The van der Waals surface area contributed by atoms with Crippen LogP contribution in [-0.4, -0.2) is 67.0 Å². The van der Waals surface area contributed by atoms with E-state index in [1.54, 1.807) is 12.4 Å². The van der Waals surface area contributed by atoms with Crippen LogP contribution in [0.15, 0.2) is 36.7 Å². The van der Waals surface area contributed by atoms with Crippen LogP contribution in [-0.2, 0) is 14.6 Å². The lowest BCUT2D eigenvalue weighted by molar-refractivity contribution is 0.0691. The number of rotatable bonds is 8. The Hall–Kier alpha value is -2.78. The SMILES string of the molecule is CC(C)(C)C(=O)c1c[nH]c2ncc(-c3ccccc3N3CCC(OCCCS(C)(=O)=O)C3)nc12. The van der Waals surface area contributed by atoms with Crippen LogP contribution < -0.4 is 4.90 Å². The fourth-order valence-electron chi connectivity index (χ4n) is 4.22. The number of carbonyl (C=O) groups excluding carboxylic acids is 1. The van der Waals surface area contributed by atoms with Crippen LogP contribution in [0.1, 0.15) is 44.0 Å². The van der Waals surface area contributed by atoms with Gasteiger partial charge in [-0.2, -0.15) is 0 Å². The van der Waals surface area contributed by atoms with E-state index in [4.69, 9.17) is 9.72 Å². The highest BCUT2D eigenvalue weighted by Crippen LogP contribution is 2.33. The Morgan fingerprint density at radius 1 is 1.26 bits per heavy atom. The van der Waals surface area contributed by atoms with Crippen LogP contribution in [0.4, 0.5) is 5.69 Å². The van der Waals surface area contributed by atoms with Crippen molar-refractivity contribution >= 4 is 32.5 Å². The lowest BCUT2D eigenvalue weighted by Gasteiger charge is -2.22. The molecule has 1 saturated heterocycles. The molecule has 1 fully saturated rings. The maximum atomic E-state index is 12.9. The molecular formula is C25H32N4O4S. The second-order valence-corrected chi connectivity index (χ2v) is 12.2. The van der Waals surface area contributed by atoms with E-state index in [0.717, 1.165) is 30.8 Å². The van der Waals surface area contributed by atoms with Gasteiger partial charge in [0.1, 0.15) is 15.4 Å². The molecule has 0 radical (unpaired) electrons. The van der Waals surface area contributed by atoms with E-state index in [9.17, 15) is 13.2 Å². The Morgan fingerprint density at radius 2 is 2.03 bits per heavy atom. The fourth-order valence-corrected chi connectivity index (χ4v) is 4.86. The largest absolute Gasteiger partial charge is 0.376 e. The summed E-state index contributed by atoms with van der Waals surface area (Å²) in [6.45, 7) is 7.69. The Balaban J connectivity index is 1.54. The molecule has 2 aromatic heterocycles. The number of H-pyrrole nitrogens is 1. The van der Waals surface area contributed by atoms with E-state index >= 15 is 0 Å². The summed E-state index contributed by atoms with van der Waals surface area (Å²) in [6, 6.07) is 8.04. The summed E-state index contributed by atoms with van der Waals surface area (Å²) in [5, 5.41) is 0. The van der Waals surface area contributed by atoms with E-state index in [1.807, 2.05) is 39.0 Å². The van der Waals surface area contributed by atoms with Gasteiger partial charge in [0.05, 0.1) is 29.3 Å². The smallest absolute Gasteiger partial charge is 0.171 e. The van der Waals surface area contributed by atoms with Crippen molar-refractivity contribution in [3.8, 4) is 11.3 Å². The van der Waals surface area contributed by atoms with Crippen molar-refractivity contribution in [2.24, 2.45) is 5.41 Å². The van der Waals surface area contributed by atoms with Gasteiger partial charge in [0.15, 0.2) is 11.4 Å². The van der Waals surface area contributed by atoms with E-state index < -0.39 is 15.3 Å². The molecule has 4 rings (SSSR count). The number of benzene rings is 1. The van der Waals surface area contributed by atoms with Crippen LogP contribution in [0.2, 0.25) is 0 Å². The van der Waals surface area contributed by atoms with Crippen molar-refractivity contribution in [3.05, 3.63) is 42.2 Å². The van der Waals surface area contributed by atoms with Gasteiger partial charge in [-0.1, -0.05) is 39.0 Å². The zero-order chi connectivity index (χ0) is 24.5. The highest BCUT2D eigenvalue weighted by molar-refractivity contribution is 7.90. The van der Waals surface area contributed by atoms with Crippen molar-refractivity contribution in [1.82, 2.24) is 15.0 Å². The average molecular weight is 485 g/mol. The van der Waals surface area contributed by atoms with Gasteiger partial charge in [-0.3, -0.25) is 4.79 Å². The van der Waals surface area contributed by atoms with Crippen LogP contribution in [0, 0.1) is 5.41 Å². The maximum Gasteiger partial charge on any atom is 0.171 e. The van der Waals surface area contributed by atoms with Crippen molar-refractivity contribution in [1.29, 1.82) is 0 Å². The van der Waals surface area contributed by atoms with Crippen molar-refractivity contribution < 1.29 is 17.9 Å². The number of carbonyl (C=O) groups is 1. The summed E-state index contributed by atoms with van der Waals surface area (Å²) >= 11 is 0. The van der Waals surface area contributed by atoms with Gasteiger partial charge in [-0.15, -0.1) is 0 Å². The minimum absolute atomic E-state index is 0.0221. The number of anilines is 1. The van der Waals surface area contributed by atoms with Crippen molar-refractivity contribution in [2.75, 3.05) is 36.6 Å². The van der Waals surface area contributed by atoms with Crippen LogP contribution in [0.25, 0.3) is 22.4 Å². The Bertz CT molecular complexity index is 1290. The van der Waals surface area contributed by atoms with Crippen LogP contribution in [0.3, 0.4) is 0 Å². The molecule has 1 atom stereocenters. The minimum Gasteiger partial charge on any atom is -0.376 e.